The summed E-state index contributed by atoms with van der Waals surface area (Å²) in [4.78, 5) is 3.81. The molecule has 0 amide bonds. The molecule has 0 saturated heterocycles. The molecule has 47 heavy (non-hydrogen) atoms. The van der Waals surface area contributed by atoms with Crippen LogP contribution in [-0.4, -0.2) is 0 Å². The van der Waals surface area contributed by atoms with Crippen molar-refractivity contribution in [1.29, 1.82) is 0 Å². The van der Waals surface area contributed by atoms with E-state index in [9.17, 15) is 0 Å². The Morgan fingerprint density at radius 1 is 0.447 bits per heavy atom. The van der Waals surface area contributed by atoms with Crippen LogP contribution in [0, 0.1) is 11.8 Å². The molecule has 0 unspecified atom stereocenters. The van der Waals surface area contributed by atoms with Crippen LogP contribution >= 0.6 is 34.0 Å². The van der Waals surface area contributed by atoms with E-state index in [4.69, 9.17) is 0 Å². The van der Waals surface area contributed by atoms with Gasteiger partial charge < -0.3 is 0 Å². The maximum Gasteiger partial charge on any atom is 0.0701 e. The number of rotatable bonds is 7. The van der Waals surface area contributed by atoms with Gasteiger partial charge in [0.25, 0.3) is 0 Å². The quantitative estimate of drug-likeness (QED) is 0.0913. The maximum absolute atomic E-state index is 3.34. The van der Waals surface area contributed by atoms with Crippen LogP contribution < -0.4 is 0 Å². The summed E-state index contributed by atoms with van der Waals surface area (Å²) in [6.07, 6.45) is 5.86. The first kappa shape index (κ1) is 29.2. The van der Waals surface area contributed by atoms with Gasteiger partial charge in [0, 0.05) is 20.2 Å². The van der Waals surface area contributed by atoms with Crippen LogP contribution in [0.1, 0.15) is 27.8 Å². The Balaban J connectivity index is 1.33. The Hall–Kier alpha value is -5.20. The fraction of sp³-hybridized carbons (Fsp3) is 0.0227. The average molecular weight is 653 g/mol. The third-order valence-electron chi connectivity index (χ3n) is 8.63. The van der Waals surface area contributed by atoms with Gasteiger partial charge in [-0.05, 0) is 97.6 Å². The van der Waals surface area contributed by atoms with E-state index in [1.54, 1.807) is 34.0 Å². The summed E-state index contributed by atoms with van der Waals surface area (Å²) in [5, 5.41) is 6.41. The average Bonchev–Trinajstić information content (AvgIpc) is 3.98. The van der Waals surface area contributed by atoms with Crippen molar-refractivity contribution in [3.8, 4) is 43.2 Å². The van der Waals surface area contributed by atoms with E-state index < -0.39 is 5.41 Å². The lowest BCUT2D eigenvalue weighted by Crippen LogP contribution is -2.31. The summed E-state index contributed by atoms with van der Waals surface area (Å²) in [6.45, 7) is 0. The van der Waals surface area contributed by atoms with Gasteiger partial charge in [-0.2, -0.15) is 0 Å². The van der Waals surface area contributed by atoms with E-state index in [1.165, 1.54) is 53.6 Å². The Kier molecular flexibility index (Phi) is 8.02. The van der Waals surface area contributed by atoms with Gasteiger partial charge in [-0.25, -0.2) is 0 Å². The molecule has 0 radical (unpaired) electrons. The summed E-state index contributed by atoms with van der Waals surface area (Å²) in [7, 11) is 0. The van der Waals surface area contributed by atoms with Crippen LogP contribution in [0.4, 0.5) is 0 Å². The lowest BCUT2D eigenvalue weighted by Gasteiger charge is -2.37. The molecule has 222 valence electrons. The molecule has 0 N–H and O–H groups in total. The Labute approximate surface area is 288 Å². The molecule has 3 heterocycles. The summed E-state index contributed by atoms with van der Waals surface area (Å²) in [5.41, 5.74) is 13.0. The van der Waals surface area contributed by atoms with Gasteiger partial charge in [0.2, 0.25) is 0 Å². The van der Waals surface area contributed by atoms with Crippen molar-refractivity contribution in [3.05, 3.63) is 207 Å². The number of hydrogen-bond donors (Lipinski definition) is 0. The Morgan fingerprint density at radius 2 is 0.851 bits per heavy atom. The summed E-state index contributed by atoms with van der Waals surface area (Å²) >= 11 is 5.31. The third-order valence-corrected chi connectivity index (χ3v) is 11.4. The molecule has 0 fully saturated rings. The number of thiophene rings is 3. The van der Waals surface area contributed by atoms with Crippen molar-refractivity contribution in [1.82, 2.24) is 0 Å². The predicted octanol–water partition coefficient (Wildman–Crippen LogP) is 12.3. The second kappa shape index (κ2) is 12.9. The zero-order valence-corrected chi connectivity index (χ0v) is 27.8. The van der Waals surface area contributed by atoms with Gasteiger partial charge in [0.1, 0.15) is 0 Å². The first-order valence-corrected chi connectivity index (χ1v) is 18.1. The fourth-order valence-corrected chi connectivity index (χ4v) is 8.53. The summed E-state index contributed by atoms with van der Waals surface area (Å²) in [6, 6.07) is 49.2. The molecular formula is C44H28S3. The molecule has 0 nitrogen and oxygen atoms in total. The van der Waals surface area contributed by atoms with Crippen molar-refractivity contribution in [2.45, 2.75) is 5.41 Å². The highest BCUT2D eigenvalue weighted by Crippen LogP contribution is 2.47. The Morgan fingerprint density at radius 3 is 1.19 bits per heavy atom. The molecule has 0 atom stereocenters. The predicted molar refractivity (Wildman–Crippen MR) is 202 cm³/mol. The number of allylic oxidation sites excluding steroid dienone is 3. The molecule has 3 aromatic heterocycles. The highest BCUT2D eigenvalue weighted by Gasteiger charge is 2.38. The van der Waals surface area contributed by atoms with Gasteiger partial charge in [0.05, 0.1) is 11.0 Å². The first-order chi connectivity index (χ1) is 23.3. The number of benzene rings is 4. The topological polar surface area (TPSA) is 0 Å². The van der Waals surface area contributed by atoms with Crippen molar-refractivity contribution >= 4 is 34.0 Å². The van der Waals surface area contributed by atoms with Crippen LogP contribution in [0.5, 0.6) is 0 Å². The SMILES string of the molecule is C1=CC=CC=1C#Cc1ccc(C(c2ccc(-c3cccs3)cc2)(c2ccc(-c3cccs3)cc2)c2ccc(-c3cccs3)cc2)cc1. The lowest BCUT2D eigenvalue weighted by molar-refractivity contribution is 0.745. The van der Waals surface area contributed by atoms with E-state index in [-0.39, 0.29) is 0 Å². The van der Waals surface area contributed by atoms with Crippen LogP contribution in [0.2, 0.25) is 0 Å². The van der Waals surface area contributed by atoms with Crippen molar-refractivity contribution in [3.63, 3.8) is 0 Å². The second-order valence-corrected chi connectivity index (χ2v) is 14.2. The van der Waals surface area contributed by atoms with E-state index in [2.05, 4.69) is 167 Å². The summed E-state index contributed by atoms with van der Waals surface area (Å²) < 4.78 is 0. The molecule has 0 aliphatic heterocycles. The van der Waals surface area contributed by atoms with Gasteiger partial charge in [0.15, 0.2) is 0 Å². The van der Waals surface area contributed by atoms with E-state index in [1.807, 2.05) is 18.2 Å². The molecule has 0 spiro atoms. The Bertz CT molecular complexity index is 2070. The zero-order valence-electron chi connectivity index (χ0n) is 25.4. The largest absolute Gasteiger partial charge is 0.144 e. The second-order valence-electron chi connectivity index (χ2n) is 11.3. The van der Waals surface area contributed by atoms with Gasteiger partial charge in [-0.15, -0.1) is 39.7 Å². The van der Waals surface area contributed by atoms with Crippen LogP contribution in [-0.2, 0) is 5.41 Å². The van der Waals surface area contributed by atoms with Crippen LogP contribution in [0.25, 0.3) is 31.3 Å². The number of hydrogen-bond acceptors (Lipinski definition) is 3. The minimum atomic E-state index is -0.568. The molecule has 8 rings (SSSR count). The first-order valence-electron chi connectivity index (χ1n) is 15.5. The molecule has 1 aliphatic carbocycles. The van der Waals surface area contributed by atoms with Crippen LogP contribution in [0.3, 0.4) is 0 Å². The van der Waals surface area contributed by atoms with Gasteiger partial charge in [-0.1, -0.05) is 121 Å². The van der Waals surface area contributed by atoms with E-state index >= 15 is 0 Å². The van der Waals surface area contributed by atoms with Crippen molar-refractivity contribution < 1.29 is 0 Å². The van der Waals surface area contributed by atoms with E-state index in [0.717, 1.165) is 11.1 Å². The lowest BCUT2D eigenvalue weighted by atomic mass is 9.64. The molecule has 4 aromatic carbocycles. The maximum atomic E-state index is 3.34. The molecule has 1 aliphatic rings. The zero-order chi connectivity index (χ0) is 31.5. The monoisotopic (exact) mass is 652 g/mol. The molecular weight excluding hydrogens is 625 g/mol. The highest BCUT2D eigenvalue weighted by atomic mass is 32.1. The van der Waals surface area contributed by atoms with Gasteiger partial charge in [-0.3, -0.25) is 0 Å². The van der Waals surface area contributed by atoms with Crippen molar-refractivity contribution in [2.75, 3.05) is 0 Å². The fourth-order valence-electron chi connectivity index (χ4n) is 6.33. The molecule has 0 saturated carbocycles. The molecule has 0 bridgehead atoms. The van der Waals surface area contributed by atoms with E-state index in [0.29, 0.717) is 0 Å². The van der Waals surface area contributed by atoms with Gasteiger partial charge >= 0.3 is 0 Å². The smallest absolute Gasteiger partial charge is 0.0701 e. The normalized spacial score (nSPS) is 12.1. The molecule has 7 aromatic rings. The minimum Gasteiger partial charge on any atom is -0.144 e. The van der Waals surface area contributed by atoms with Crippen molar-refractivity contribution in [2.24, 2.45) is 0 Å². The molecule has 3 heteroatoms. The minimum absolute atomic E-state index is 0.568. The third kappa shape index (κ3) is 5.70. The highest BCUT2D eigenvalue weighted by molar-refractivity contribution is 7.14. The summed E-state index contributed by atoms with van der Waals surface area (Å²) in [5.74, 6) is 6.59. The standard InChI is InChI=1S/C44H28S3/c1-2-7-32(6-1)11-12-33-13-21-37(22-14-33)44(38-23-15-34(16-24-38)41-8-3-29-45-41,39-25-17-35(18-26-39)42-9-4-30-46-42)40-27-19-36(20-28-40)43-10-5-31-47-43/h1-6,8-10,13-31H. The van der Waals surface area contributed by atoms with Crippen LogP contribution in [0.15, 0.2) is 179 Å².